The first-order valence-electron chi connectivity index (χ1n) is 9.31. The lowest BCUT2D eigenvalue weighted by Crippen LogP contribution is -2.22. The Balaban J connectivity index is 1.86. The van der Waals surface area contributed by atoms with Crippen molar-refractivity contribution < 1.29 is 14.7 Å². The number of aromatic nitrogens is 2. The predicted molar refractivity (Wildman–Crippen MR) is 114 cm³/mol. The second-order valence-electron chi connectivity index (χ2n) is 7.17. The lowest BCUT2D eigenvalue weighted by atomic mass is 10.0. The molecule has 0 unspecified atom stereocenters. The first-order valence-corrected chi connectivity index (χ1v) is 10.3. The molecule has 2 atom stereocenters. The van der Waals surface area contributed by atoms with Gasteiger partial charge in [0.2, 0.25) is 5.91 Å². The summed E-state index contributed by atoms with van der Waals surface area (Å²) in [7, 11) is 0. The van der Waals surface area contributed by atoms with Crippen LogP contribution in [0.5, 0.6) is 0 Å². The van der Waals surface area contributed by atoms with Gasteiger partial charge in [0.15, 0.2) is 0 Å². The Morgan fingerprint density at radius 2 is 1.76 bits per heavy atom. The number of carboxylic acids is 1. The Kier molecular flexibility index (Phi) is 4.92. The van der Waals surface area contributed by atoms with E-state index in [0.717, 1.165) is 28.1 Å². The Bertz CT molecular complexity index is 1090. The van der Waals surface area contributed by atoms with Crippen LogP contribution >= 0.6 is 11.8 Å². The topological polar surface area (TPSA) is 84.2 Å². The van der Waals surface area contributed by atoms with Gasteiger partial charge in [-0.3, -0.25) is 4.79 Å². The van der Waals surface area contributed by atoms with Gasteiger partial charge < -0.3 is 10.4 Å². The molecule has 0 fully saturated rings. The van der Waals surface area contributed by atoms with Crippen LogP contribution in [0, 0.1) is 13.8 Å². The van der Waals surface area contributed by atoms with Crippen molar-refractivity contribution >= 4 is 29.5 Å². The zero-order valence-corrected chi connectivity index (χ0v) is 17.2. The largest absolute Gasteiger partial charge is 0.478 e. The lowest BCUT2D eigenvalue weighted by molar-refractivity contribution is -0.115. The van der Waals surface area contributed by atoms with Gasteiger partial charge >= 0.3 is 5.97 Å². The standard InChI is InChI=1S/C22H21N3O3S/c1-12-4-10-17(11-5-12)25-20-18(13(2)24-25)19(29-14(3)21(26)23-20)15-6-8-16(9-7-15)22(27)28/h4-11,14,19H,1-3H3,(H,23,26)(H,27,28)/t14-,19+/m0/s1. The minimum Gasteiger partial charge on any atom is -0.478 e. The van der Waals surface area contributed by atoms with Crippen molar-refractivity contribution in [2.45, 2.75) is 31.3 Å². The molecular weight excluding hydrogens is 386 g/mol. The summed E-state index contributed by atoms with van der Waals surface area (Å²) < 4.78 is 1.78. The average molecular weight is 407 g/mol. The number of fused-ring (bicyclic) bond motifs is 1. The van der Waals surface area contributed by atoms with Gasteiger partial charge in [-0.25, -0.2) is 9.48 Å². The fourth-order valence-corrected chi connectivity index (χ4v) is 4.77. The number of carbonyl (C=O) groups excluding carboxylic acids is 1. The number of carboxylic acid groups (broad SMARTS) is 1. The Labute approximate surface area is 172 Å². The molecule has 7 heteroatoms. The summed E-state index contributed by atoms with van der Waals surface area (Å²) in [6.07, 6.45) is 0. The maximum absolute atomic E-state index is 12.7. The van der Waals surface area contributed by atoms with Crippen molar-refractivity contribution in [2.24, 2.45) is 0 Å². The van der Waals surface area contributed by atoms with Gasteiger partial charge in [0.1, 0.15) is 5.82 Å². The Morgan fingerprint density at radius 1 is 1.10 bits per heavy atom. The van der Waals surface area contributed by atoms with Crippen molar-refractivity contribution in [3.63, 3.8) is 0 Å². The van der Waals surface area contributed by atoms with Gasteiger partial charge in [-0.15, -0.1) is 11.8 Å². The van der Waals surface area contributed by atoms with E-state index in [-0.39, 0.29) is 22.0 Å². The fourth-order valence-electron chi connectivity index (χ4n) is 3.44. The molecule has 6 nitrogen and oxygen atoms in total. The monoisotopic (exact) mass is 407 g/mol. The summed E-state index contributed by atoms with van der Waals surface area (Å²) in [6.45, 7) is 5.84. The van der Waals surface area contributed by atoms with Gasteiger partial charge in [-0.1, -0.05) is 29.8 Å². The number of thioether (sulfide) groups is 1. The molecule has 0 spiro atoms. The summed E-state index contributed by atoms with van der Waals surface area (Å²) in [6, 6.07) is 14.8. The van der Waals surface area contributed by atoms with Crippen molar-refractivity contribution in [2.75, 3.05) is 5.32 Å². The third-order valence-corrected chi connectivity index (χ3v) is 6.46. The number of aromatic carboxylic acids is 1. The van der Waals surface area contributed by atoms with Gasteiger partial charge in [-0.05, 0) is 50.6 Å². The van der Waals surface area contributed by atoms with E-state index in [1.165, 1.54) is 11.8 Å². The average Bonchev–Trinajstić information content (AvgIpc) is 2.94. The quantitative estimate of drug-likeness (QED) is 0.674. The molecule has 2 aromatic carbocycles. The first kappa shape index (κ1) is 19.3. The third-order valence-electron chi connectivity index (χ3n) is 5.06. The van der Waals surface area contributed by atoms with Crippen LogP contribution < -0.4 is 5.32 Å². The van der Waals surface area contributed by atoms with Crippen LogP contribution in [-0.2, 0) is 4.79 Å². The summed E-state index contributed by atoms with van der Waals surface area (Å²) in [5.41, 5.74) is 4.97. The number of benzene rings is 2. The predicted octanol–water partition coefficient (Wildman–Crippen LogP) is 4.35. The van der Waals surface area contributed by atoms with Crippen LogP contribution in [0.15, 0.2) is 48.5 Å². The number of nitrogens with zero attached hydrogens (tertiary/aromatic N) is 2. The maximum atomic E-state index is 12.7. The summed E-state index contributed by atoms with van der Waals surface area (Å²) >= 11 is 1.54. The van der Waals surface area contributed by atoms with Crippen molar-refractivity contribution in [1.29, 1.82) is 0 Å². The lowest BCUT2D eigenvalue weighted by Gasteiger charge is -2.17. The highest BCUT2D eigenvalue weighted by Gasteiger charge is 2.34. The molecule has 4 rings (SSSR count). The van der Waals surface area contributed by atoms with Crippen molar-refractivity contribution in [1.82, 2.24) is 9.78 Å². The van der Waals surface area contributed by atoms with E-state index in [1.54, 1.807) is 16.8 Å². The molecule has 29 heavy (non-hydrogen) atoms. The van der Waals surface area contributed by atoms with E-state index >= 15 is 0 Å². The summed E-state index contributed by atoms with van der Waals surface area (Å²) in [5, 5.41) is 16.5. The van der Waals surface area contributed by atoms with Crippen LogP contribution in [0.2, 0.25) is 0 Å². The molecule has 1 aliphatic rings. The minimum atomic E-state index is -0.959. The zero-order valence-electron chi connectivity index (χ0n) is 16.3. The fraction of sp³-hybridized carbons (Fsp3) is 0.227. The molecule has 0 bridgehead atoms. The number of anilines is 1. The third kappa shape index (κ3) is 3.53. The van der Waals surface area contributed by atoms with E-state index < -0.39 is 5.97 Å². The number of aryl methyl sites for hydroxylation is 2. The van der Waals surface area contributed by atoms with Crippen LogP contribution in [0.1, 0.15) is 44.9 Å². The zero-order chi connectivity index (χ0) is 20.7. The number of hydrogen-bond acceptors (Lipinski definition) is 4. The molecule has 1 aliphatic heterocycles. The number of nitrogens with one attached hydrogen (secondary N) is 1. The molecule has 148 valence electrons. The second kappa shape index (κ2) is 7.40. The highest BCUT2D eigenvalue weighted by molar-refractivity contribution is 8.01. The molecule has 1 aromatic heterocycles. The molecule has 1 amide bonds. The summed E-state index contributed by atoms with van der Waals surface area (Å²) in [5.74, 6) is -0.367. The van der Waals surface area contributed by atoms with E-state index in [0.29, 0.717) is 5.82 Å². The maximum Gasteiger partial charge on any atom is 0.335 e. The number of carbonyl (C=O) groups is 2. The molecule has 0 aliphatic carbocycles. The highest BCUT2D eigenvalue weighted by atomic mass is 32.2. The van der Waals surface area contributed by atoms with Crippen LogP contribution in [-0.4, -0.2) is 32.0 Å². The molecule has 2 N–H and O–H groups in total. The highest BCUT2D eigenvalue weighted by Crippen LogP contribution is 2.46. The SMILES string of the molecule is Cc1ccc(-n2nc(C)c3c2NC(=O)[C@H](C)S[C@@H]3c2ccc(C(=O)O)cc2)cc1. The number of amides is 1. The van der Waals surface area contributed by atoms with Crippen molar-refractivity contribution in [3.05, 3.63) is 76.5 Å². The molecular formula is C22H21N3O3S. The smallest absolute Gasteiger partial charge is 0.335 e. The second-order valence-corrected chi connectivity index (χ2v) is 8.62. The van der Waals surface area contributed by atoms with Crippen LogP contribution in [0.25, 0.3) is 5.69 Å². The normalized spacial score (nSPS) is 18.7. The van der Waals surface area contributed by atoms with E-state index in [4.69, 9.17) is 5.10 Å². The molecule has 0 saturated heterocycles. The van der Waals surface area contributed by atoms with Gasteiger partial charge in [-0.2, -0.15) is 5.10 Å². The minimum absolute atomic E-state index is 0.0748. The molecule has 2 heterocycles. The molecule has 3 aromatic rings. The van der Waals surface area contributed by atoms with Gasteiger partial charge in [0.05, 0.1) is 27.4 Å². The van der Waals surface area contributed by atoms with Crippen LogP contribution in [0.4, 0.5) is 5.82 Å². The Hall–Kier alpha value is -3.06. The first-order chi connectivity index (χ1) is 13.8. The van der Waals surface area contributed by atoms with Gasteiger partial charge in [0.25, 0.3) is 0 Å². The number of rotatable bonds is 3. The Morgan fingerprint density at radius 3 is 2.38 bits per heavy atom. The van der Waals surface area contributed by atoms with E-state index in [9.17, 15) is 14.7 Å². The van der Waals surface area contributed by atoms with E-state index in [1.807, 2.05) is 57.2 Å². The molecule has 0 radical (unpaired) electrons. The van der Waals surface area contributed by atoms with Crippen LogP contribution in [0.3, 0.4) is 0 Å². The molecule has 0 saturated carbocycles. The number of hydrogen-bond donors (Lipinski definition) is 2. The summed E-state index contributed by atoms with van der Waals surface area (Å²) in [4.78, 5) is 23.9. The van der Waals surface area contributed by atoms with Crippen molar-refractivity contribution in [3.8, 4) is 5.69 Å². The van der Waals surface area contributed by atoms with Gasteiger partial charge in [0, 0.05) is 5.56 Å². The van der Waals surface area contributed by atoms with E-state index in [2.05, 4.69) is 5.32 Å².